The summed E-state index contributed by atoms with van der Waals surface area (Å²) >= 11 is 6.17. The van der Waals surface area contributed by atoms with Gasteiger partial charge in [-0.1, -0.05) is 48.9 Å². The molecule has 0 radical (unpaired) electrons. The molecule has 59 heavy (non-hydrogen) atoms. The number of imidazole rings is 1. The number of piperazine rings is 1. The van der Waals surface area contributed by atoms with Crippen molar-refractivity contribution in [1.82, 2.24) is 44.0 Å². The number of fused-ring (bicyclic) bond motifs is 2. The van der Waals surface area contributed by atoms with Gasteiger partial charge in [0.15, 0.2) is 17.3 Å². The van der Waals surface area contributed by atoms with Crippen molar-refractivity contribution in [3.63, 3.8) is 0 Å². The number of aryl methyl sites for hydroxylation is 1. The van der Waals surface area contributed by atoms with E-state index in [2.05, 4.69) is 30.4 Å². The number of hydrogen-bond donors (Lipinski definition) is 2. The van der Waals surface area contributed by atoms with Gasteiger partial charge in [-0.25, -0.2) is 15.0 Å². The van der Waals surface area contributed by atoms with Crippen LogP contribution in [0, 0.1) is 6.92 Å². The highest BCUT2D eigenvalue weighted by Crippen LogP contribution is 2.34. The molecule has 1 aliphatic rings. The molecule has 4 aromatic heterocycles. The molecule has 0 aliphatic carbocycles. The molecule has 0 spiro atoms. The Hall–Kier alpha value is -6.82. The second kappa shape index (κ2) is 15.8. The second-order valence-corrected chi connectivity index (χ2v) is 14.2. The predicted molar refractivity (Wildman–Crippen MR) is 212 cm³/mol. The molecular weight excluding hydrogens is 791 g/mol. The van der Waals surface area contributed by atoms with E-state index in [0.29, 0.717) is 17.0 Å². The van der Waals surface area contributed by atoms with Crippen LogP contribution in [0.1, 0.15) is 39.9 Å². The van der Waals surface area contributed by atoms with Crippen LogP contribution in [-0.2, 0) is 30.5 Å². The largest absolute Gasteiger partial charge is 0.485 e. The first-order valence-electron chi connectivity index (χ1n) is 18.5. The normalized spacial score (nSPS) is 13.3. The maximum atomic E-state index is 14.5. The molecule has 2 N–H and O–H groups in total. The summed E-state index contributed by atoms with van der Waals surface area (Å²) in [5, 5.41) is 6.90. The minimum atomic E-state index is -4.62. The number of carbonyl (C=O) groups excluding carboxylic acids is 2. The average molecular weight is 826 g/mol. The van der Waals surface area contributed by atoms with Crippen molar-refractivity contribution in [2.45, 2.75) is 39.6 Å². The fourth-order valence-corrected chi connectivity index (χ4v) is 7.28. The molecule has 0 bridgehead atoms. The van der Waals surface area contributed by atoms with Crippen molar-refractivity contribution in [3.05, 3.63) is 123 Å². The van der Waals surface area contributed by atoms with E-state index in [1.165, 1.54) is 6.33 Å². The van der Waals surface area contributed by atoms with Crippen molar-refractivity contribution in [2.75, 3.05) is 36.4 Å². The molecule has 1 aliphatic heterocycles. The summed E-state index contributed by atoms with van der Waals surface area (Å²) in [6.45, 7) is 4.33. The lowest BCUT2D eigenvalue weighted by Crippen LogP contribution is -2.51. The summed E-state index contributed by atoms with van der Waals surface area (Å²) in [6.07, 6.45) is -1.47. The molecule has 5 heterocycles. The Bertz CT molecular complexity index is 2780. The van der Waals surface area contributed by atoms with Gasteiger partial charge < -0.3 is 29.4 Å². The number of hydrogen-bond acceptors (Lipinski definition) is 10. The number of nitrogens with one attached hydrogen (secondary N) is 2. The van der Waals surface area contributed by atoms with E-state index < -0.39 is 29.8 Å². The number of ether oxygens (including phenoxy) is 1. The number of aromatic amines is 1. The van der Waals surface area contributed by atoms with Crippen LogP contribution in [-0.4, -0.2) is 82.0 Å². The van der Waals surface area contributed by atoms with Crippen molar-refractivity contribution in [1.29, 1.82) is 0 Å². The molecule has 0 saturated carbocycles. The van der Waals surface area contributed by atoms with Gasteiger partial charge in [0.05, 0.1) is 45.0 Å². The molecule has 7 aromatic rings. The number of amides is 2. The summed E-state index contributed by atoms with van der Waals surface area (Å²) in [5.74, 6) is -0.425. The lowest BCUT2D eigenvalue weighted by atomic mass is 10.2. The van der Waals surface area contributed by atoms with Gasteiger partial charge in [0.2, 0.25) is 11.7 Å². The molecule has 15 nitrogen and oxygen atoms in total. The highest BCUT2D eigenvalue weighted by molar-refractivity contribution is 6.33. The fraction of sp³-hybridized carbons (Fsp3) is 0.250. The Labute approximate surface area is 338 Å². The van der Waals surface area contributed by atoms with Gasteiger partial charge in [-0.15, -0.1) is 5.10 Å². The van der Waals surface area contributed by atoms with Crippen LogP contribution in [0.25, 0.3) is 28.2 Å². The van der Waals surface area contributed by atoms with Crippen LogP contribution in [0.2, 0.25) is 5.02 Å². The van der Waals surface area contributed by atoms with E-state index in [4.69, 9.17) is 21.3 Å². The Morgan fingerprint density at radius 1 is 0.983 bits per heavy atom. The molecule has 0 unspecified atom stereocenters. The first-order chi connectivity index (χ1) is 28.4. The maximum Gasteiger partial charge on any atom is 0.416 e. The van der Waals surface area contributed by atoms with E-state index in [-0.39, 0.29) is 84.6 Å². The second-order valence-electron chi connectivity index (χ2n) is 13.8. The Balaban J connectivity index is 1.11. The molecule has 1 fully saturated rings. The van der Waals surface area contributed by atoms with E-state index >= 15 is 0 Å². The third-order valence-electron chi connectivity index (χ3n) is 10.0. The minimum absolute atomic E-state index is 0.0247. The predicted octanol–water partition coefficient (Wildman–Crippen LogP) is 5.95. The number of nitrogens with zero attached hydrogens (tertiary/aromatic N) is 9. The third-order valence-corrected chi connectivity index (χ3v) is 10.3. The highest BCUT2D eigenvalue weighted by atomic mass is 35.5. The number of H-pyrrole nitrogens is 1. The Morgan fingerprint density at radius 2 is 1.76 bits per heavy atom. The number of rotatable bonds is 10. The fourth-order valence-electron chi connectivity index (χ4n) is 7.05. The lowest BCUT2D eigenvalue weighted by molar-refractivity contribution is -0.137. The topological polar surface area (TPSA) is 169 Å². The SMILES string of the molecule is CCc1c(N2CCN(C(=O)c3ncnc(C)c3OCc3ccccc3)CC2)c(=O)n2nc(-c3ccc4nc[nH]c4c3)nc2n1CC(=O)Nc1ccc(C(F)(F)F)cc1Cl. The number of aromatic nitrogens is 8. The number of carbonyl (C=O) groups is 2. The van der Waals surface area contributed by atoms with Gasteiger partial charge in [0.1, 0.15) is 25.2 Å². The molecule has 2 amide bonds. The van der Waals surface area contributed by atoms with Crippen LogP contribution in [0.15, 0.2) is 84.2 Å². The molecule has 8 rings (SSSR count). The van der Waals surface area contributed by atoms with E-state index in [1.54, 1.807) is 40.9 Å². The summed E-state index contributed by atoms with van der Waals surface area (Å²) in [7, 11) is 0. The van der Waals surface area contributed by atoms with Gasteiger partial charge in [-0.2, -0.15) is 22.7 Å². The van der Waals surface area contributed by atoms with E-state index in [1.807, 2.05) is 42.2 Å². The molecule has 0 atom stereocenters. The summed E-state index contributed by atoms with van der Waals surface area (Å²) in [5.41, 5.74) is 2.83. The molecular formula is C40H35ClF3N11O4. The maximum absolute atomic E-state index is 14.5. The van der Waals surface area contributed by atoms with Crippen molar-refractivity contribution < 1.29 is 27.5 Å². The van der Waals surface area contributed by atoms with Gasteiger partial charge in [0.25, 0.3) is 11.5 Å². The zero-order valence-corrected chi connectivity index (χ0v) is 32.4. The molecule has 1 saturated heterocycles. The van der Waals surface area contributed by atoms with Crippen LogP contribution in [0.5, 0.6) is 5.75 Å². The zero-order chi connectivity index (χ0) is 41.4. The Morgan fingerprint density at radius 3 is 2.49 bits per heavy atom. The van der Waals surface area contributed by atoms with Crippen LogP contribution < -0.4 is 20.5 Å². The zero-order valence-electron chi connectivity index (χ0n) is 31.6. The lowest BCUT2D eigenvalue weighted by Gasteiger charge is -2.36. The standard InChI is InChI=1S/C40H35ClF3N11O4/c1-3-31-34(52-13-15-53(16-14-52)37(57)33-35(23(2)45-21-48-33)59-20-24-7-5-4-6-8-24)38(58)55-39(50-36(51-55)25-9-11-29-30(17-25)47-22-46-29)54(31)19-32(56)49-28-12-10-26(18-27(28)41)40(42,43)44/h4-12,17-18,21-22H,3,13-16,19-20H2,1-2H3,(H,46,47)(H,49,56). The summed E-state index contributed by atoms with van der Waals surface area (Å²) < 4.78 is 48.7. The van der Waals surface area contributed by atoms with Gasteiger partial charge in [-0.3, -0.25) is 14.4 Å². The van der Waals surface area contributed by atoms with Crippen molar-refractivity contribution in [2.24, 2.45) is 0 Å². The number of benzene rings is 3. The van der Waals surface area contributed by atoms with Crippen LogP contribution >= 0.6 is 11.6 Å². The highest BCUT2D eigenvalue weighted by Gasteiger charge is 2.33. The van der Waals surface area contributed by atoms with Crippen LogP contribution in [0.3, 0.4) is 0 Å². The Kier molecular flexibility index (Phi) is 10.5. The van der Waals surface area contributed by atoms with E-state index in [0.717, 1.165) is 39.3 Å². The van der Waals surface area contributed by atoms with Crippen LogP contribution in [0.4, 0.5) is 24.5 Å². The summed E-state index contributed by atoms with van der Waals surface area (Å²) in [6, 6.07) is 17.5. The number of halogens is 4. The first kappa shape index (κ1) is 39.0. The van der Waals surface area contributed by atoms with Crippen molar-refractivity contribution in [3.8, 4) is 17.1 Å². The van der Waals surface area contributed by atoms with Crippen molar-refractivity contribution >= 4 is 51.6 Å². The van der Waals surface area contributed by atoms with E-state index in [9.17, 15) is 27.6 Å². The monoisotopic (exact) mass is 825 g/mol. The van der Waals surface area contributed by atoms with Gasteiger partial charge in [0, 0.05) is 31.7 Å². The average Bonchev–Trinajstić information content (AvgIpc) is 3.90. The third kappa shape index (κ3) is 7.77. The molecule has 302 valence electrons. The van der Waals surface area contributed by atoms with Gasteiger partial charge in [-0.05, 0) is 55.3 Å². The minimum Gasteiger partial charge on any atom is -0.485 e. The molecule has 19 heteroatoms. The molecule has 3 aromatic carbocycles. The quantitative estimate of drug-likeness (QED) is 0.168. The number of alkyl halides is 3. The van der Waals surface area contributed by atoms with Gasteiger partial charge >= 0.3 is 6.18 Å². The summed E-state index contributed by atoms with van der Waals surface area (Å²) in [4.78, 5) is 66.2. The first-order valence-corrected chi connectivity index (χ1v) is 18.9. The number of anilines is 2. The smallest absolute Gasteiger partial charge is 0.416 e.